The second-order valence-electron chi connectivity index (χ2n) is 7.54. The van der Waals surface area contributed by atoms with E-state index in [0.717, 1.165) is 0 Å². The van der Waals surface area contributed by atoms with E-state index in [9.17, 15) is 14.4 Å². The van der Waals surface area contributed by atoms with E-state index in [1.807, 2.05) is 39.0 Å². The average Bonchev–Trinajstić information content (AvgIpc) is 2.65. The number of hydrogen-bond donors (Lipinski definition) is 1. The Bertz CT molecular complexity index is 859. The van der Waals surface area contributed by atoms with Crippen LogP contribution >= 0.6 is 0 Å². The van der Waals surface area contributed by atoms with Gasteiger partial charge in [0.15, 0.2) is 6.61 Å². The molecule has 2 aromatic rings. The Labute approximate surface area is 170 Å². The van der Waals surface area contributed by atoms with E-state index in [-0.39, 0.29) is 18.0 Å². The van der Waals surface area contributed by atoms with Crippen molar-refractivity contribution in [2.45, 2.75) is 26.3 Å². The molecule has 0 aliphatic carbocycles. The number of amides is 2. The lowest BCUT2D eigenvalue weighted by atomic mass is 10.1. The number of nitrogens with one attached hydrogen (secondary N) is 1. The molecule has 7 heteroatoms. The van der Waals surface area contributed by atoms with Crippen LogP contribution in [-0.2, 0) is 14.3 Å². The van der Waals surface area contributed by atoms with Gasteiger partial charge in [0.1, 0.15) is 17.1 Å². The van der Waals surface area contributed by atoms with Gasteiger partial charge in [-0.2, -0.15) is 0 Å². The van der Waals surface area contributed by atoms with Gasteiger partial charge in [0, 0.05) is 12.6 Å². The SMILES string of the molecule is CN(CC(=O)NC(C)(C)C)C(=O)COC(=O)c1ccccc1Oc1ccccc1. The van der Waals surface area contributed by atoms with Crippen LogP contribution in [0.3, 0.4) is 0 Å². The zero-order valence-electron chi connectivity index (χ0n) is 17.1. The van der Waals surface area contributed by atoms with Crippen LogP contribution in [0, 0.1) is 0 Å². The van der Waals surface area contributed by atoms with Crippen molar-refractivity contribution in [3.05, 3.63) is 60.2 Å². The molecule has 0 radical (unpaired) electrons. The summed E-state index contributed by atoms with van der Waals surface area (Å²) >= 11 is 0. The second kappa shape index (κ2) is 9.73. The lowest BCUT2D eigenvalue weighted by molar-refractivity contribution is -0.137. The first kappa shape index (κ1) is 21.9. The van der Waals surface area contributed by atoms with Gasteiger partial charge in [0.2, 0.25) is 5.91 Å². The molecular weight excluding hydrogens is 372 g/mol. The molecule has 7 nitrogen and oxygen atoms in total. The molecular formula is C22H26N2O5. The van der Waals surface area contributed by atoms with Crippen molar-refractivity contribution in [1.29, 1.82) is 0 Å². The first-order valence-electron chi connectivity index (χ1n) is 9.20. The molecule has 0 atom stereocenters. The Morgan fingerprint density at radius 1 is 0.966 bits per heavy atom. The Morgan fingerprint density at radius 3 is 2.24 bits per heavy atom. The highest BCUT2D eigenvalue weighted by Crippen LogP contribution is 2.25. The van der Waals surface area contributed by atoms with E-state index >= 15 is 0 Å². The normalized spacial score (nSPS) is 10.8. The summed E-state index contributed by atoms with van der Waals surface area (Å²) in [5.74, 6) is -0.551. The number of hydrogen-bond acceptors (Lipinski definition) is 5. The van der Waals surface area contributed by atoms with Gasteiger partial charge in [-0.25, -0.2) is 4.79 Å². The molecule has 2 aromatic carbocycles. The molecule has 0 saturated carbocycles. The van der Waals surface area contributed by atoms with Crippen molar-refractivity contribution < 1.29 is 23.9 Å². The summed E-state index contributed by atoms with van der Waals surface area (Å²) < 4.78 is 10.9. The Hall–Kier alpha value is -3.35. The molecule has 0 aliphatic heterocycles. The number of para-hydroxylation sites is 2. The van der Waals surface area contributed by atoms with Crippen molar-refractivity contribution in [2.24, 2.45) is 0 Å². The van der Waals surface area contributed by atoms with Gasteiger partial charge in [0.05, 0.1) is 6.54 Å². The van der Waals surface area contributed by atoms with Gasteiger partial charge in [0.25, 0.3) is 5.91 Å². The molecule has 0 saturated heterocycles. The molecule has 0 aliphatic rings. The summed E-state index contributed by atoms with van der Waals surface area (Å²) in [6.45, 7) is 4.95. The highest BCUT2D eigenvalue weighted by Gasteiger charge is 2.20. The number of nitrogens with zero attached hydrogens (tertiary/aromatic N) is 1. The molecule has 0 bridgehead atoms. The molecule has 0 spiro atoms. The monoisotopic (exact) mass is 398 g/mol. The van der Waals surface area contributed by atoms with Crippen LogP contribution < -0.4 is 10.1 Å². The fourth-order valence-electron chi connectivity index (χ4n) is 2.42. The highest BCUT2D eigenvalue weighted by molar-refractivity contribution is 5.94. The van der Waals surface area contributed by atoms with Gasteiger partial charge in [-0.1, -0.05) is 30.3 Å². The number of rotatable bonds is 7. The van der Waals surface area contributed by atoms with Crippen LogP contribution in [-0.4, -0.2) is 48.4 Å². The topological polar surface area (TPSA) is 84.9 Å². The minimum absolute atomic E-state index is 0.124. The molecule has 2 amide bonds. The summed E-state index contributed by atoms with van der Waals surface area (Å²) in [4.78, 5) is 37.8. The summed E-state index contributed by atoms with van der Waals surface area (Å²) in [5.41, 5.74) is -0.187. The fraction of sp³-hybridized carbons (Fsp3) is 0.318. The predicted octanol–water partition coefficient (Wildman–Crippen LogP) is 3.01. The molecule has 0 heterocycles. The highest BCUT2D eigenvalue weighted by atomic mass is 16.5. The first-order chi connectivity index (χ1) is 13.7. The summed E-state index contributed by atoms with van der Waals surface area (Å²) in [5, 5.41) is 2.77. The number of ether oxygens (including phenoxy) is 2. The zero-order chi connectivity index (χ0) is 21.4. The third-order valence-corrected chi connectivity index (χ3v) is 3.73. The second-order valence-corrected chi connectivity index (χ2v) is 7.54. The third kappa shape index (κ3) is 7.29. The van der Waals surface area contributed by atoms with Crippen LogP contribution in [0.25, 0.3) is 0 Å². The number of likely N-dealkylation sites (N-methyl/N-ethyl adjacent to an activating group) is 1. The van der Waals surface area contributed by atoms with Crippen molar-refractivity contribution in [2.75, 3.05) is 20.2 Å². The quantitative estimate of drug-likeness (QED) is 0.725. The predicted molar refractivity (Wildman–Crippen MR) is 109 cm³/mol. The molecule has 2 rings (SSSR count). The minimum Gasteiger partial charge on any atom is -0.456 e. The van der Waals surface area contributed by atoms with E-state index in [1.165, 1.54) is 11.9 Å². The summed E-state index contributed by atoms with van der Waals surface area (Å²) in [6, 6.07) is 15.7. The van der Waals surface area contributed by atoms with Crippen LogP contribution in [0.4, 0.5) is 0 Å². The van der Waals surface area contributed by atoms with Crippen LogP contribution in [0.1, 0.15) is 31.1 Å². The van der Waals surface area contributed by atoms with E-state index in [4.69, 9.17) is 9.47 Å². The Morgan fingerprint density at radius 2 is 1.59 bits per heavy atom. The largest absolute Gasteiger partial charge is 0.456 e. The van der Waals surface area contributed by atoms with Crippen LogP contribution in [0.5, 0.6) is 11.5 Å². The van der Waals surface area contributed by atoms with Crippen molar-refractivity contribution in [3.63, 3.8) is 0 Å². The summed E-state index contributed by atoms with van der Waals surface area (Å²) in [7, 11) is 1.48. The molecule has 0 aromatic heterocycles. The van der Waals surface area contributed by atoms with Crippen LogP contribution in [0.2, 0.25) is 0 Å². The van der Waals surface area contributed by atoms with Crippen LogP contribution in [0.15, 0.2) is 54.6 Å². The standard InChI is InChI=1S/C22H26N2O5/c1-22(2,3)23-19(25)14-24(4)20(26)15-28-21(27)17-12-8-9-13-18(17)29-16-10-6-5-7-11-16/h5-13H,14-15H2,1-4H3,(H,23,25). The number of carbonyl (C=O) groups excluding carboxylic acids is 3. The van der Waals surface area contributed by atoms with Crippen molar-refractivity contribution in [1.82, 2.24) is 10.2 Å². The molecule has 1 N–H and O–H groups in total. The summed E-state index contributed by atoms with van der Waals surface area (Å²) in [6.07, 6.45) is 0. The smallest absolute Gasteiger partial charge is 0.342 e. The Balaban J connectivity index is 1.93. The number of benzene rings is 2. The van der Waals surface area contributed by atoms with Gasteiger partial charge in [-0.3, -0.25) is 9.59 Å². The third-order valence-electron chi connectivity index (χ3n) is 3.73. The number of carbonyl (C=O) groups is 3. The fourth-order valence-corrected chi connectivity index (χ4v) is 2.42. The van der Waals surface area contributed by atoms with E-state index in [1.54, 1.807) is 36.4 Å². The lowest BCUT2D eigenvalue weighted by Crippen LogP contribution is -2.46. The molecule has 0 unspecified atom stereocenters. The Kier molecular flexibility index (Phi) is 7.36. The maximum atomic E-state index is 12.4. The number of esters is 1. The first-order valence-corrected chi connectivity index (χ1v) is 9.20. The van der Waals surface area contributed by atoms with Crippen molar-refractivity contribution >= 4 is 17.8 Å². The average molecular weight is 398 g/mol. The van der Waals surface area contributed by atoms with Gasteiger partial charge >= 0.3 is 5.97 Å². The van der Waals surface area contributed by atoms with Crippen molar-refractivity contribution in [3.8, 4) is 11.5 Å². The van der Waals surface area contributed by atoms with E-state index < -0.39 is 24.0 Å². The molecule has 154 valence electrons. The zero-order valence-corrected chi connectivity index (χ0v) is 17.1. The maximum Gasteiger partial charge on any atom is 0.342 e. The lowest BCUT2D eigenvalue weighted by Gasteiger charge is -2.23. The van der Waals surface area contributed by atoms with Gasteiger partial charge < -0.3 is 19.7 Å². The van der Waals surface area contributed by atoms with E-state index in [0.29, 0.717) is 11.5 Å². The van der Waals surface area contributed by atoms with Gasteiger partial charge in [-0.05, 0) is 45.0 Å². The molecule has 29 heavy (non-hydrogen) atoms. The molecule has 0 fully saturated rings. The maximum absolute atomic E-state index is 12.4. The van der Waals surface area contributed by atoms with Gasteiger partial charge in [-0.15, -0.1) is 0 Å². The van der Waals surface area contributed by atoms with E-state index in [2.05, 4.69) is 5.32 Å². The minimum atomic E-state index is -0.683.